The van der Waals surface area contributed by atoms with E-state index in [1.165, 1.54) is 14.2 Å². The van der Waals surface area contributed by atoms with Gasteiger partial charge in [-0.15, -0.1) is 11.6 Å². The lowest BCUT2D eigenvalue weighted by Gasteiger charge is -2.15. The molecule has 0 bridgehead atoms. The van der Waals surface area contributed by atoms with Crippen molar-refractivity contribution < 1.29 is 9.47 Å². The molecule has 0 amide bonds. The first-order valence-electron chi connectivity index (χ1n) is 4.86. The van der Waals surface area contributed by atoms with Crippen LogP contribution in [-0.4, -0.2) is 25.9 Å². The highest BCUT2D eigenvalue weighted by Gasteiger charge is 2.13. The Morgan fingerprint density at radius 1 is 1.41 bits per heavy atom. The fraction of sp³-hybridized carbons (Fsp3) is 0.364. The van der Waals surface area contributed by atoms with Gasteiger partial charge in [0.25, 0.3) is 0 Å². The van der Waals surface area contributed by atoms with Gasteiger partial charge < -0.3 is 15.2 Å². The van der Waals surface area contributed by atoms with Crippen LogP contribution in [-0.2, 0) is 9.47 Å². The third kappa shape index (κ3) is 3.85. The van der Waals surface area contributed by atoms with E-state index < -0.39 is 6.29 Å². The zero-order valence-corrected chi connectivity index (χ0v) is 11.1. The second kappa shape index (κ2) is 6.81. The minimum atomic E-state index is -0.533. The standard InChI is InChI=1S/C11H14Cl2N2O2/c1-16-11(17-2)8-5-7(3-4-9(8)13)15-10(14)6-12/h3-5,11H,6H2,1-2H3,(H2,14,15). The van der Waals surface area contributed by atoms with Crippen molar-refractivity contribution in [3.8, 4) is 0 Å². The molecule has 0 heterocycles. The molecule has 0 aliphatic heterocycles. The van der Waals surface area contributed by atoms with Gasteiger partial charge in [0.2, 0.25) is 0 Å². The molecular formula is C11H14Cl2N2O2. The summed E-state index contributed by atoms with van der Waals surface area (Å²) >= 11 is 11.6. The number of nitrogens with two attached hydrogens (primary N) is 1. The number of ether oxygens (including phenoxy) is 2. The second-order valence-electron chi connectivity index (χ2n) is 3.25. The van der Waals surface area contributed by atoms with Crippen molar-refractivity contribution in [1.82, 2.24) is 0 Å². The summed E-state index contributed by atoms with van der Waals surface area (Å²) < 4.78 is 10.3. The van der Waals surface area contributed by atoms with Crippen molar-refractivity contribution in [2.75, 3.05) is 20.1 Å². The lowest BCUT2D eigenvalue weighted by molar-refractivity contribution is -0.105. The van der Waals surface area contributed by atoms with Crippen molar-refractivity contribution in [1.29, 1.82) is 0 Å². The number of nitrogens with zero attached hydrogens (tertiary/aromatic N) is 1. The Labute approximate surface area is 110 Å². The van der Waals surface area contributed by atoms with Crippen LogP contribution in [0.1, 0.15) is 11.9 Å². The molecular weight excluding hydrogens is 263 g/mol. The molecule has 4 nitrogen and oxygen atoms in total. The first kappa shape index (κ1) is 14.3. The van der Waals surface area contributed by atoms with Crippen LogP contribution in [0.4, 0.5) is 5.69 Å². The molecule has 6 heteroatoms. The number of amidine groups is 1. The Kier molecular flexibility index (Phi) is 5.71. The van der Waals surface area contributed by atoms with Crippen LogP contribution in [0.15, 0.2) is 23.2 Å². The summed E-state index contributed by atoms with van der Waals surface area (Å²) in [7, 11) is 3.07. The fourth-order valence-corrected chi connectivity index (χ4v) is 1.59. The van der Waals surface area contributed by atoms with Gasteiger partial charge in [-0.1, -0.05) is 11.6 Å². The number of alkyl halides is 1. The molecule has 94 valence electrons. The summed E-state index contributed by atoms with van der Waals surface area (Å²) in [6.45, 7) is 0. The Balaban J connectivity index is 3.10. The fourth-order valence-electron chi connectivity index (χ4n) is 1.33. The van der Waals surface area contributed by atoms with Gasteiger partial charge in [0, 0.05) is 24.8 Å². The van der Waals surface area contributed by atoms with E-state index in [4.69, 9.17) is 38.4 Å². The smallest absolute Gasteiger partial charge is 0.184 e. The normalized spacial score (nSPS) is 12.2. The van der Waals surface area contributed by atoms with Crippen molar-refractivity contribution in [2.45, 2.75) is 6.29 Å². The summed E-state index contributed by atoms with van der Waals surface area (Å²) in [4.78, 5) is 4.12. The molecule has 2 N–H and O–H groups in total. The van der Waals surface area contributed by atoms with Crippen LogP contribution in [0, 0.1) is 0 Å². The third-order valence-electron chi connectivity index (χ3n) is 2.07. The van der Waals surface area contributed by atoms with E-state index in [-0.39, 0.29) is 5.88 Å². The van der Waals surface area contributed by atoms with Crippen molar-refractivity contribution in [3.63, 3.8) is 0 Å². The zero-order valence-electron chi connectivity index (χ0n) is 9.61. The molecule has 0 fully saturated rings. The molecule has 1 aromatic rings. The van der Waals surface area contributed by atoms with E-state index >= 15 is 0 Å². The molecule has 0 saturated carbocycles. The number of halogens is 2. The molecule has 0 spiro atoms. The highest BCUT2D eigenvalue weighted by molar-refractivity contribution is 6.31. The van der Waals surface area contributed by atoms with Gasteiger partial charge in [-0.25, -0.2) is 4.99 Å². The zero-order chi connectivity index (χ0) is 12.8. The van der Waals surface area contributed by atoms with Crippen molar-refractivity contribution >= 4 is 34.7 Å². The van der Waals surface area contributed by atoms with Gasteiger partial charge in [-0.05, 0) is 18.2 Å². The molecule has 1 rings (SSSR count). The average molecular weight is 277 g/mol. The van der Waals surface area contributed by atoms with Gasteiger partial charge in [0.15, 0.2) is 6.29 Å². The van der Waals surface area contributed by atoms with Crippen LogP contribution >= 0.6 is 23.2 Å². The van der Waals surface area contributed by atoms with E-state index in [9.17, 15) is 0 Å². The summed E-state index contributed by atoms with van der Waals surface area (Å²) in [5.41, 5.74) is 6.91. The molecule has 0 aromatic heterocycles. The topological polar surface area (TPSA) is 56.8 Å². The van der Waals surface area contributed by atoms with Crippen LogP contribution in [0.2, 0.25) is 5.02 Å². The number of aliphatic imine (C=N–C) groups is 1. The highest BCUT2D eigenvalue weighted by atomic mass is 35.5. The maximum absolute atomic E-state index is 6.05. The molecule has 17 heavy (non-hydrogen) atoms. The van der Waals surface area contributed by atoms with Crippen LogP contribution in [0.3, 0.4) is 0 Å². The molecule has 1 aromatic carbocycles. The van der Waals surface area contributed by atoms with Crippen molar-refractivity contribution in [3.05, 3.63) is 28.8 Å². The minimum absolute atomic E-state index is 0.177. The average Bonchev–Trinajstić information content (AvgIpc) is 2.34. The predicted molar refractivity (Wildman–Crippen MR) is 70.2 cm³/mol. The number of hydrogen-bond donors (Lipinski definition) is 1. The van der Waals surface area contributed by atoms with E-state index in [0.29, 0.717) is 22.1 Å². The molecule has 0 aliphatic rings. The monoisotopic (exact) mass is 276 g/mol. The largest absolute Gasteiger partial charge is 0.386 e. The summed E-state index contributed by atoms with van der Waals surface area (Å²) in [6, 6.07) is 5.20. The van der Waals surface area contributed by atoms with E-state index in [2.05, 4.69) is 4.99 Å². The first-order chi connectivity index (χ1) is 8.12. The number of rotatable bonds is 5. The summed E-state index contributed by atoms with van der Waals surface area (Å²) in [5, 5.41) is 0.544. The van der Waals surface area contributed by atoms with Crippen molar-refractivity contribution in [2.24, 2.45) is 10.7 Å². The van der Waals surface area contributed by atoms with Gasteiger partial charge in [0.1, 0.15) is 5.84 Å². The Morgan fingerprint density at radius 2 is 2.06 bits per heavy atom. The van der Waals surface area contributed by atoms with E-state index in [1.54, 1.807) is 18.2 Å². The maximum atomic E-state index is 6.05. The predicted octanol–water partition coefficient (Wildman–Crippen LogP) is 2.86. The second-order valence-corrected chi connectivity index (χ2v) is 3.92. The molecule has 0 unspecified atom stereocenters. The Morgan fingerprint density at radius 3 is 2.59 bits per heavy atom. The summed E-state index contributed by atoms with van der Waals surface area (Å²) in [5.74, 6) is 0.516. The van der Waals surface area contributed by atoms with E-state index in [1.807, 2.05) is 0 Å². The van der Waals surface area contributed by atoms with Crippen LogP contribution in [0.25, 0.3) is 0 Å². The summed E-state index contributed by atoms with van der Waals surface area (Å²) in [6.07, 6.45) is -0.533. The van der Waals surface area contributed by atoms with Crippen LogP contribution < -0.4 is 5.73 Å². The number of benzene rings is 1. The molecule has 0 radical (unpaired) electrons. The van der Waals surface area contributed by atoms with Gasteiger partial charge in [-0.2, -0.15) is 0 Å². The number of hydrogen-bond acceptors (Lipinski definition) is 3. The van der Waals surface area contributed by atoms with Gasteiger partial charge in [-0.3, -0.25) is 0 Å². The Hall–Kier alpha value is -0.810. The van der Waals surface area contributed by atoms with E-state index in [0.717, 1.165) is 0 Å². The lowest BCUT2D eigenvalue weighted by Crippen LogP contribution is -2.12. The third-order valence-corrected chi connectivity index (χ3v) is 2.69. The molecule has 0 atom stereocenters. The maximum Gasteiger partial charge on any atom is 0.184 e. The first-order valence-corrected chi connectivity index (χ1v) is 5.77. The minimum Gasteiger partial charge on any atom is -0.386 e. The molecule has 0 saturated heterocycles. The van der Waals surface area contributed by atoms with Gasteiger partial charge in [0.05, 0.1) is 11.6 Å². The van der Waals surface area contributed by atoms with Gasteiger partial charge >= 0.3 is 0 Å². The number of methoxy groups -OCH3 is 2. The quantitative estimate of drug-likeness (QED) is 0.389. The SMILES string of the molecule is COC(OC)c1cc(N=C(N)CCl)ccc1Cl. The lowest BCUT2D eigenvalue weighted by atomic mass is 10.2. The van der Waals surface area contributed by atoms with Crippen LogP contribution in [0.5, 0.6) is 0 Å². The highest BCUT2D eigenvalue weighted by Crippen LogP contribution is 2.29. The Bertz CT molecular complexity index is 406. The molecule has 0 aliphatic carbocycles.